The molecule has 24 heavy (non-hydrogen) atoms. The number of nitrogens with one attached hydrogen (secondary N) is 1. The van der Waals surface area contributed by atoms with Crippen molar-refractivity contribution in [2.45, 2.75) is 18.4 Å². The molecule has 0 radical (unpaired) electrons. The molecule has 1 aromatic carbocycles. The molecule has 1 fully saturated rings. The minimum absolute atomic E-state index is 0. The highest BCUT2D eigenvalue weighted by molar-refractivity contribution is 5.85. The molecule has 2 rings (SSSR count). The van der Waals surface area contributed by atoms with Gasteiger partial charge in [-0.1, -0.05) is 0 Å². The van der Waals surface area contributed by atoms with Crippen LogP contribution < -0.4 is 5.32 Å². The number of nitrogens with zero attached hydrogens (tertiary/aromatic N) is 1. The number of halogens is 9. The van der Waals surface area contributed by atoms with E-state index in [0.717, 1.165) is 4.90 Å². The van der Waals surface area contributed by atoms with Crippen LogP contribution in [0.5, 0.6) is 0 Å². The maximum absolute atomic E-state index is 13.4. The summed E-state index contributed by atoms with van der Waals surface area (Å²) in [5.74, 6) is -1.34. The van der Waals surface area contributed by atoms with Crippen LogP contribution in [-0.4, -0.2) is 37.3 Å². The highest BCUT2D eigenvalue weighted by Crippen LogP contribution is 2.40. The lowest BCUT2D eigenvalue weighted by Gasteiger charge is -2.36. The Morgan fingerprint density at radius 1 is 0.917 bits per heavy atom. The second-order valence-electron chi connectivity index (χ2n) is 5.00. The molecule has 0 spiro atoms. The van der Waals surface area contributed by atoms with E-state index >= 15 is 0 Å². The van der Waals surface area contributed by atoms with Crippen LogP contribution in [0.3, 0.4) is 0 Å². The third kappa shape index (κ3) is 5.65. The molecule has 0 aromatic heterocycles. The van der Waals surface area contributed by atoms with Crippen LogP contribution in [0.1, 0.15) is 17.2 Å². The van der Waals surface area contributed by atoms with E-state index in [9.17, 15) is 30.7 Å². The van der Waals surface area contributed by atoms with Crippen LogP contribution in [0.4, 0.5) is 30.7 Å². The fourth-order valence-corrected chi connectivity index (χ4v) is 2.48. The van der Waals surface area contributed by atoms with Crippen LogP contribution in [0.25, 0.3) is 0 Å². The van der Waals surface area contributed by atoms with Gasteiger partial charge in [0.25, 0.3) is 0 Å². The van der Waals surface area contributed by atoms with Gasteiger partial charge in [-0.25, -0.2) is 4.39 Å². The average molecular weight is 403 g/mol. The van der Waals surface area contributed by atoms with Gasteiger partial charge in [0.05, 0.1) is 5.56 Å². The van der Waals surface area contributed by atoms with Gasteiger partial charge in [0, 0.05) is 26.2 Å². The highest BCUT2D eigenvalue weighted by atomic mass is 35.5. The summed E-state index contributed by atoms with van der Waals surface area (Å²) in [6, 6.07) is -1.20. The van der Waals surface area contributed by atoms with Crippen molar-refractivity contribution in [1.29, 1.82) is 0 Å². The molecule has 0 bridgehead atoms. The van der Waals surface area contributed by atoms with E-state index in [2.05, 4.69) is 5.32 Å². The maximum atomic E-state index is 13.4. The number of alkyl halides is 6. The Bertz CT molecular complexity index is 528. The Morgan fingerprint density at radius 3 is 1.92 bits per heavy atom. The number of hydrogen-bond acceptors (Lipinski definition) is 2. The average Bonchev–Trinajstić information content (AvgIpc) is 2.36. The van der Waals surface area contributed by atoms with Crippen molar-refractivity contribution in [2.75, 3.05) is 26.2 Å². The van der Waals surface area contributed by atoms with E-state index in [1.54, 1.807) is 0 Å². The molecule has 1 atom stereocenters. The lowest BCUT2D eigenvalue weighted by atomic mass is 10.0. The summed E-state index contributed by atoms with van der Waals surface area (Å²) in [6.07, 6.45) is -9.70. The topological polar surface area (TPSA) is 15.3 Å². The first-order valence-corrected chi connectivity index (χ1v) is 6.48. The zero-order chi connectivity index (χ0) is 16.5. The van der Waals surface area contributed by atoms with Crippen molar-refractivity contribution in [2.24, 2.45) is 0 Å². The maximum Gasteiger partial charge on any atom is 0.416 e. The molecule has 140 valence electrons. The first kappa shape index (κ1) is 23.2. The van der Waals surface area contributed by atoms with Gasteiger partial charge in [0.1, 0.15) is 11.9 Å². The van der Waals surface area contributed by atoms with Crippen LogP contribution in [-0.2, 0) is 6.18 Å². The van der Waals surface area contributed by atoms with E-state index in [1.807, 2.05) is 0 Å². The summed E-state index contributed by atoms with van der Waals surface area (Å²) >= 11 is 0. The van der Waals surface area contributed by atoms with E-state index in [1.165, 1.54) is 0 Å². The van der Waals surface area contributed by atoms with Gasteiger partial charge in [-0.3, -0.25) is 4.90 Å². The molecule has 1 saturated heterocycles. The molecule has 1 N–H and O–H groups in total. The van der Waals surface area contributed by atoms with E-state index in [-0.39, 0.29) is 57.1 Å². The summed E-state index contributed by atoms with van der Waals surface area (Å²) in [4.78, 5) is 1.01. The minimum Gasteiger partial charge on any atom is -0.314 e. The predicted molar refractivity (Wildman–Crippen MR) is 79.1 cm³/mol. The molecule has 1 aromatic rings. The lowest BCUT2D eigenvalue weighted by Crippen LogP contribution is -2.49. The zero-order valence-corrected chi connectivity index (χ0v) is 13.7. The van der Waals surface area contributed by atoms with Gasteiger partial charge in [-0.2, -0.15) is 26.3 Å². The summed E-state index contributed by atoms with van der Waals surface area (Å²) in [5.41, 5.74) is -2.16. The van der Waals surface area contributed by atoms with E-state index < -0.39 is 35.3 Å². The standard InChI is InChI=1S/C13H13F7N2.2ClH/c14-10-6-8(5-9(7-10)12(15,16)17)11(13(18,19)20)22-3-1-21-2-4-22;;/h5-7,11,21H,1-4H2;2*1H/t11-;;/m0../s1. The van der Waals surface area contributed by atoms with Crippen molar-refractivity contribution in [3.63, 3.8) is 0 Å². The summed E-state index contributed by atoms with van der Waals surface area (Å²) in [5, 5.41) is 2.86. The molecule has 0 amide bonds. The van der Waals surface area contributed by atoms with Crippen LogP contribution in [0.2, 0.25) is 0 Å². The van der Waals surface area contributed by atoms with Gasteiger partial charge < -0.3 is 5.32 Å². The molecule has 0 unspecified atom stereocenters. The number of piperazine rings is 1. The number of rotatable bonds is 2. The Kier molecular flexibility index (Phi) is 8.28. The fraction of sp³-hybridized carbons (Fsp3) is 0.538. The third-order valence-corrected chi connectivity index (χ3v) is 3.39. The fourth-order valence-electron chi connectivity index (χ4n) is 2.48. The Morgan fingerprint density at radius 2 is 1.46 bits per heavy atom. The Hall–Kier alpha value is -0.770. The summed E-state index contributed by atoms with van der Waals surface area (Å²) in [7, 11) is 0. The van der Waals surface area contributed by atoms with Gasteiger partial charge in [-0.05, 0) is 23.8 Å². The van der Waals surface area contributed by atoms with Gasteiger partial charge in [0.15, 0.2) is 0 Å². The predicted octanol–water partition coefficient (Wildman–Crippen LogP) is 4.20. The highest BCUT2D eigenvalue weighted by Gasteiger charge is 2.46. The molecule has 1 aliphatic heterocycles. The van der Waals surface area contributed by atoms with Gasteiger partial charge in [0.2, 0.25) is 0 Å². The molecule has 2 nitrogen and oxygen atoms in total. The van der Waals surface area contributed by atoms with Gasteiger partial charge >= 0.3 is 12.4 Å². The quantitative estimate of drug-likeness (QED) is 0.745. The lowest BCUT2D eigenvalue weighted by molar-refractivity contribution is -0.188. The monoisotopic (exact) mass is 402 g/mol. The number of hydrogen-bond donors (Lipinski definition) is 1. The normalized spacial score (nSPS) is 17.6. The Labute approximate surface area is 146 Å². The second kappa shape index (κ2) is 8.55. The first-order chi connectivity index (χ1) is 10.1. The van der Waals surface area contributed by atoms with Crippen LogP contribution in [0.15, 0.2) is 18.2 Å². The minimum atomic E-state index is -4.91. The van der Waals surface area contributed by atoms with Crippen molar-refractivity contribution in [1.82, 2.24) is 10.2 Å². The zero-order valence-electron chi connectivity index (χ0n) is 12.0. The van der Waals surface area contributed by atoms with Crippen molar-refractivity contribution in [3.05, 3.63) is 35.1 Å². The summed E-state index contributed by atoms with van der Waals surface area (Å²) in [6.45, 7) is 0.603. The number of benzene rings is 1. The molecule has 11 heteroatoms. The largest absolute Gasteiger partial charge is 0.416 e. The van der Waals surface area contributed by atoms with E-state index in [4.69, 9.17) is 0 Å². The second-order valence-corrected chi connectivity index (χ2v) is 5.00. The van der Waals surface area contributed by atoms with Crippen molar-refractivity contribution >= 4 is 24.8 Å². The molecule has 1 aliphatic rings. The van der Waals surface area contributed by atoms with Crippen LogP contribution in [0, 0.1) is 5.82 Å². The van der Waals surface area contributed by atoms with Crippen molar-refractivity contribution < 1.29 is 30.7 Å². The molecule has 1 heterocycles. The molecular weight excluding hydrogens is 388 g/mol. The first-order valence-electron chi connectivity index (χ1n) is 6.48. The molecular formula is C13H15Cl2F7N2. The third-order valence-electron chi connectivity index (χ3n) is 3.39. The van der Waals surface area contributed by atoms with Crippen LogP contribution >= 0.6 is 24.8 Å². The van der Waals surface area contributed by atoms with E-state index in [0.29, 0.717) is 12.1 Å². The smallest absolute Gasteiger partial charge is 0.314 e. The summed E-state index contributed by atoms with van der Waals surface area (Å²) < 4.78 is 91.3. The molecule has 0 aliphatic carbocycles. The molecule has 0 saturated carbocycles. The van der Waals surface area contributed by atoms with Gasteiger partial charge in [-0.15, -0.1) is 24.8 Å². The Balaban J connectivity index is 0.00000264. The van der Waals surface area contributed by atoms with Crippen molar-refractivity contribution in [3.8, 4) is 0 Å². The SMILES string of the molecule is Cl.Cl.Fc1cc([C@H](N2CCNCC2)C(F)(F)F)cc(C(F)(F)F)c1.